The molecule has 0 heterocycles. The monoisotopic (exact) mass is 311 g/mol. The normalized spacial score (nSPS) is 12.9. The van der Waals surface area contributed by atoms with Crippen LogP contribution in [0.4, 0.5) is 22.0 Å². The summed E-state index contributed by atoms with van der Waals surface area (Å²) in [5.74, 6) is -2.98. The van der Waals surface area contributed by atoms with E-state index in [0.717, 1.165) is 23.1 Å². The standard InChI is InChI=1S/C13H14F5NO2/c1-8(12(20)19(2)6-5-13(16,17)18)21-9-3-4-10(14)11(15)7-9/h3-4,7-8H,5-6H2,1-2H3. The van der Waals surface area contributed by atoms with Crippen molar-refractivity contribution in [3.8, 4) is 5.75 Å². The van der Waals surface area contributed by atoms with Crippen LogP contribution in [-0.4, -0.2) is 36.7 Å². The van der Waals surface area contributed by atoms with Crippen LogP contribution in [0, 0.1) is 11.6 Å². The molecule has 0 spiro atoms. The average molecular weight is 311 g/mol. The maximum absolute atomic E-state index is 13.0. The van der Waals surface area contributed by atoms with Crippen LogP contribution in [0.25, 0.3) is 0 Å². The van der Waals surface area contributed by atoms with Gasteiger partial charge in [-0.25, -0.2) is 8.78 Å². The summed E-state index contributed by atoms with van der Waals surface area (Å²) in [5.41, 5.74) is 0. The largest absolute Gasteiger partial charge is 0.481 e. The second-order valence-corrected chi connectivity index (χ2v) is 4.46. The third kappa shape index (κ3) is 5.57. The molecule has 3 nitrogen and oxygen atoms in total. The molecule has 1 aromatic rings. The Kier molecular flexibility index (Phi) is 5.51. The number of rotatable bonds is 5. The first-order chi connectivity index (χ1) is 9.60. The first-order valence-corrected chi connectivity index (χ1v) is 6.03. The maximum atomic E-state index is 13.0. The SMILES string of the molecule is CC(Oc1ccc(F)c(F)c1)C(=O)N(C)CCC(F)(F)F. The van der Waals surface area contributed by atoms with E-state index in [1.54, 1.807) is 0 Å². The highest BCUT2D eigenvalue weighted by molar-refractivity contribution is 5.80. The van der Waals surface area contributed by atoms with E-state index >= 15 is 0 Å². The van der Waals surface area contributed by atoms with Crippen molar-refractivity contribution in [2.24, 2.45) is 0 Å². The van der Waals surface area contributed by atoms with Gasteiger partial charge in [-0.3, -0.25) is 4.79 Å². The Morgan fingerprint density at radius 2 is 1.90 bits per heavy atom. The highest BCUT2D eigenvalue weighted by Crippen LogP contribution is 2.20. The Morgan fingerprint density at radius 3 is 2.43 bits per heavy atom. The molecule has 0 aliphatic carbocycles. The number of benzene rings is 1. The predicted octanol–water partition coefficient (Wildman–Crippen LogP) is 3.14. The van der Waals surface area contributed by atoms with Crippen molar-refractivity contribution in [2.45, 2.75) is 25.6 Å². The van der Waals surface area contributed by atoms with Crippen molar-refractivity contribution in [2.75, 3.05) is 13.6 Å². The van der Waals surface area contributed by atoms with Crippen LogP contribution in [0.5, 0.6) is 5.75 Å². The first kappa shape index (κ1) is 17.2. The van der Waals surface area contributed by atoms with Gasteiger partial charge >= 0.3 is 6.18 Å². The van der Waals surface area contributed by atoms with Gasteiger partial charge in [0.05, 0.1) is 6.42 Å². The summed E-state index contributed by atoms with van der Waals surface area (Å²) in [4.78, 5) is 12.7. The minimum Gasteiger partial charge on any atom is -0.481 e. The molecule has 0 bridgehead atoms. The molecule has 0 fully saturated rings. The van der Waals surface area contributed by atoms with E-state index in [-0.39, 0.29) is 5.75 Å². The molecule has 0 N–H and O–H groups in total. The lowest BCUT2D eigenvalue weighted by Gasteiger charge is -2.22. The molecule has 0 aliphatic heterocycles. The fourth-order valence-corrected chi connectivity index (χ4v) is 1.52. The predicted molar refractivity (Wildman–Crippen MR) is 64.8 cm³/mol. The quantitative estimate of drug-likeness (QED) is 0.782. The van der Waals surface area contributed by atoms with Crippen molar-refractivity contribution in [1.82, 2.24) is 4.90 Å². The summed E-state index contributed by atoms with van der Waals surface area (Å²) in [6, 6.07) is 2.71. The smallest absolute Gasteiger partial charge is 0.390 e. The Bertz CT molecular complexity index is 504. The van der Waals surface area contributed by atoms with Crippen molar-refractivity contribution in [3.05, 3.63) is 29.8 Å². The summed E-state index contributed by atoms with van der Waals surface area (Å²) in [7, 11) is 1.21. The second-order valence-electron chi connectivity index (χ2n) is 4.46. The van der Waals surface area contributed by atoms with Gasteiger partial charge in [-0.1, -0.05) is 0 Å². The first-order valence-electron chi connectivity index (χ1n) is 6.03. The van der Waals surface area contributed by atoms with Crippen LogP contribution in [0.1, 0.15) is 13.3 Å². The lowest BCUT2D eigenvalue weighted by atomic mass is 10.3. The van der Waals surface area contributed by atoms with E-state index in [1.165, 1.54) is 14.0 Å². The molecule has 0 aromatic heterocycles. The minimum absolute atomic E-state index is 0.0843. The molecular formula is C13H14F5NO2. The summed E-state index contributed by atoms with van der Waals surface area (Å²) in [6.45, 7) is 0.807. The van der Waals surface area contributed by atoms with Gasteiger partial charge in [-0.05, 0) is 19.1 Å². The Labute approximate surface area is 118 Å². The topological polar surface area (TPSA) is 29.5 Å². The van der Waals surface area contributed by atoms with Crippen molar-refractivity contribution in [3.63, 3.8) is 0 Å². The van der Waals surface area contributed by atoms with E-state index in [9.17, 15) is 26.7 Å². The summed E-state index contributed by atoms with van der Waals surface area (Å²) < 4.78 is 67.0. The van der Waals surface area contributed by atoms with E-state index in [1.807, 2.05) is 0 Å². The van der Waals surface area contributed by atoms with E-state index < -0.39 is 42.8 Å². The number of hydrogen-bond acceptors (Lipinski definition) is 2. The van der Waals surface area contributed by atoms with Crippen molar-refractivity contribution >= 4 is 5.91 Å². The van der Waals surface area contributed by atoms with E-state index in [4.69, 9.17) is 4.74 Å². The third-order valence-corrected chi connectivity index (χ3v) is 2.66. The molecule has 0 saturated carbocycles. The van der Waals surface area contributed by atoms with E-state index in [0.29, 0.717) is 0 Å². The molecule has 0 radical (unpaired) electrons. The molecular weight excluding hydrogens is 297 g/mol. The molecule has 118 valence electrons. The van der Waals surface area contributed by atoms with Gasteiger partial charge in [0.1, 0.15) is 5.75 Å². The van der Waals surface area contributed by atoms with Gasteiger partial charge < -0.3 is 9.64 Å². The second kappa shape index (κ2) is 6.73. The Morgan fingerprint density at radius 1 is 1.29 bits per heavy atom. The number of hydrogen-bond donors (Lipinski definition) is 0. The maximum Gasteiger partial charge on any atom is 0.390 e. The number of nitrogens with zero attached hydrogens (tertiary/aromatic N) is 1. The Balaban J connectivity index is 2.59. The van der Waals surface area contributed by atoms with Crippen LogP contribution in [0.2, 0.25) is 0 Å². The molecule has 1 atom stereocenters. The van der Waals surface area contributed by atoms with E-state index in [2.05, 4.69) is 0 Å². The van der Waals surface area contributed by atoms with Gasteiger partial charge in [0, 0.05) is 19.7 Å². The number of carbonyl (C=O) groups excluding carboxylic acids is 1. The summed E-state index contributed by atoms with van der Waals surface area (Å²) in [6.07, 6.45) is -6.61. The van der Waals surface area contributed by atoms with Crippen molar-refractivity contribution in [1.29, 1.82) is 0 Å². The van der Waals surface area contributed by atoms with Gasteiger partial charge in [-0.15, -0.1) is 0 Å². The zero-order valence-electron chi connectivity index (χ0n) is 11.4. The molecule has 1 aromatic carbocycles. The number of ether oxygens (including phenoxy) is 1. The van der Waals surface area contributed by atoms with Gasteiger partial charge in [0.25, 0.3) is 5.91 Å². The van der Waals surface area contributed by atoms with Crippen LogP contribution in [0.15, 0.2) is 18.2 Å². The molecule has 1 amide bonds. The molecule has 0 aliphatic rings. The fraction of sp³-hybridized carbons (Fsp3) is 0.462. The highest BCUT2D eigenvalue weighted by atomic mass is 19.4. The van der Waals surface area contributed by atoms with Gasteiger partial charge in [0.15, 0.2) is 17.7 Å². The number of likely N-dealkylation sites (N-methyl/N-ethyl adjacent to an activating group) is 1. The molecule has 1 rings (SSSR count). The van der Waals surface area contributed by atoms with Crippen LogP contribution in [0.3, 0.4) is 0 Å². The molecule has 0 saturated heterocycles. The number of carbonyl (C=O) groups is 1. The minimum atomic E-state index is -4.36. The van der Waals surface area contributed by atoms with Crippen molar-refractivity contribution < 1.29 is 31.5 Å². The van der Waals surface area contributed by atoms with Crippen LogP contribution in [-0.2, 0) is 4.79 Å². The lowest BCUT2D eigenvalue weighted by molar-refractivity contribution is -0.147. The highest BCUT2D eigenvalue weighted by Gasteiger charge is 2.29. The molecule has 21 heavy (non-hydrogen) atoms. The van der Waals surface area contributed by atoms with Crippen LogP contribution < -0.4 is 4.74 Å². The fourth-order valence-electron chi connectivity index (χ4n) is 1.52. The zero-order chi connectivity index (χ0) is 16.2. The number of alkyl halides is 3. The summed E-state index contributed by atoms with van der Waals surface area (Å²) >= 11 is 0. The number of amides is 1. The third-order valence-electron chi connectivity index (χ3n) is 2.66. The van der Waals surface area contributed by atoms with Crippen LogP contribution >= 0.6 is 0 Å². The summed E-state index contributed by atoms with van der Waals surface area (Å²) in [5, 5.41) is 0. The lowest BCUT2D eigenvalue weighted by Crippen LogP contribution is -2.39. The number of halogens is 5. The van der Waals surface area contributed by atoms with Gasteiger partial charge in [-0.2, -0.15) is 13.2 Å². The van der Waals surface area contributed by atoms with Gasteiger partial charge in [0.2, 0.25) is 0 Å². The zero-order valence-corrected chi connectivity index (χ0v) is 11.4. The Hall–Kier alpha value is -1.86. The molecule has 1 unspecified atom stereocenters. The molecule has 8 heteroatoms. The average Bonchev–Trinajstić information content (AvgIpc) is 2.38.